The lowest BCUT2D eigenvalue weighted by Crippen LogP contribution is -2.30. The lowest BCUT2D eigenvalue weighted by Gasteiger charge is -2.16. The maximum Gasteiger partial charge on any atom is 0.310 e. The molecule has 1 aromatic carbocycles. The second-order valence-electron chi connectivity index (χ2n) is 4.55. The Morgan fingerprint density at radius 2 is 1.90 bits per heavy atom. The van der Waals surface area contributed by atoms with E-state index < -0.39 is 10.0 Å². The Balaban J connectivity index is 2.16. The Morgan fingerprint density at radius 3 is 2.45 bits per heavy atom. The number of carbonyl (C=O) groups excluding carboxylic acids is 1. The van der Waals surface area contributed by atoms with Crippen molar-refractivity contribution in [2.24, 2.45) is 5.92 Å². The van der Waals surface area contributed by atoms with E-state index in [1.165, 1.54) is 30.7 Å². The smallest absolute Gasteiger partial charge is 0.310 e. The third-order valence-electron chi connectivity index (χ3n) is 3.38. The first kappa shape index (κ1) is 14.8. The Kier molecular flexibility index (Phi) is 4.29. The van der Waals surface area contributed by atoms with Crippen molar-refractivity contribution in [3.05, 3.63) is 24.3 Å². The van der Waals surface area contributed by atoms with Crippen molar-refractivity contribution in [1.82, 2.24) is 4.31 Å². The summed E-state index contributed by atoms with van der Waals surface area (Å²) in [7, 11) is -0.741. The highest BCUT2D eigenvalue weighted by atomic mass is 32.2. The number of sulfonamides is 1. The van der Waals surface area contributed by atoms with Gasteiger partial charge in [-0.1, -0.05) is 0 Å². The molecule has 1 fully saturated rings. The Labute approximate surface area is 118 Å². The molecule has 110 valence electrons. The predicted molar refractivity (Wildman–Crippen MR) is 71.9 cm³/mol. The van der Waals surface area contributed by atoms with Gasteiger partial charge in [-0.15, -0.1) is 0 Å². The molecule has 0 radical (unpaired) electrons. The van der Waals surface area contributed by atoms with Gasteiger partial charge in [0.2, 0.25) is 10.0 Å². The third kappa shape index (κ3) is 2.78. The largest absolute Gasteiger partial charge is 0.497 e. The van der Waals surface area contributed by atoms with Gasteiger partial charge in [-0.25, -0.2) is 8.42 Å². The second kappa shape index (κ2) is 5.80. The fourth-order valence-corrected chi connectivity index (χ4v) is 3.70. The molecule has 0 spiro atoms. The van der Waals surface area contributed by atoms with Gasteiger partial charge in [-0.3, -0.25) is 4.79 Å². The van der Waals surface area contributed by atoms with E-state index in [1.54, 1.807) is 12.1 Å². The van der Waals surface area contributed by atoms with Crippen LogP contribution >= 0.6 is 0 Å². The van der Waals surface area contributed by atoms with Gasteiger partial charge in [-0.2, -0.15) is 4.31 Å². The van der Waals surface area contributed by atoms with E-state index >= 15 is 0 Å². The monoisotopic (exact) mass is 299 g/mol. The van der Waals surface area contributed by atoms with Gasteiger partial charge in [0.1, 0.15) is 5.75 Å². The van der Waals surface area contributed by atoms with Crippen LogP contribution in [0.25, 0.3) is 0 Å². The summed E-state index contributed by atoms with van der Waals surface area (Å²) in [6.07, 6.45) is 0.488. The fraction of sp³-hybridized carbons (Fsp3) is 0.462. The molecule has 1 aromatic rings. The molecule has 1 unspecified atom stereocenters. The summed E-state index contributed by atoms with van der Waals surface area (Å²) in [6, 6.07) is 6.20. The second-order valence-corrected chi connectivity index (χ2v) is 6.49. The van der Waals surface area contributed by atoms with E-state index in [-0.39, 0.29) is 23.3 Å². The number of hydrogen-bond donors (Lipinski definition) is 0. The quantitative estimate of drug-likeness (QED) is 0.772. The number of nitrogens with zero attached hydrogens (tertiary/aromatic N) is 1. The number of ether oxygens (including phenoxy) is 2. The van der Waals surface area contributed by atoms with Crippen LogP contribution in [0.1, 0.15) is 6.42 Å². The highest BCUT2D eigenvalue weighted by Gasteiger charge is 2.36. The van der Waals surface area contributed by atoms with Crippen LogP contribution in [-0.2, 0) is 19.6 Å². The molecule has 1 aliphatic rings. The maximum absolute atomic E-state index is 12.4. The molecule has 6 nitrogen and oxygen atoms in total. The molecule has 0 saturated carbocycles. The van der Waals surface area contributed by atoms with Crippen molar-refractivity contribution >= 4 is 16.0 Å². The number of benzene rings is 1. The first-order valence-corrected chi connectivity index (χ1v) is 7.65. The van der Waals surface area contributed by atoms with Gasteiger partial charge in [0, 0.05) is 13.1 Å². The highest BCUT2D eigenvalue weighted by molar-refractivity contribution is 7.89. The third-order valence-corrected chi connectivity index (χ3v) is 5.26. The maximum atomic E-state index is 12.4. The standard InChI is InChI=1S/C13H17NO5S/c1-18-11-3-5-12(6-4-11)20(16,17)14-8-7-10(9-14)13(15)19-2/h3-6,10H,7-9H2,1-2H3. The minimum absolute atomic E-state index is 0.168. The minimum atomic E-state index is -3.57. The van der Waals surface area contributed by atoms with Gasteiger partial charge in [0.15, 0.2) is 0 Å². The van der Waals surface area contributed by atoms with E-state index in [2.05, 4.69) is 4.74 Å². The first-order valence-electron chi connectivity index (χ1n) is 6.21. The molecular formula is C13H17NO5S. The molecule has 0 aliphatic carbocycles. The molecule has 0 bridgehead atoms. The van der Waals surface area contributed by atoms with Crippen molar-refractivity contribution < 1.29 is 22.7 Å². The fourth-order valence-electron chi connectivity index (χ4n) is 2.20. The van der Waals surface area contributed by atoms with E-state index in [0.717, 1.165) is 0 Å². The predicted octanol–water partition coefficient (Wildman–Crippen LogP) is 0.879. The van der Waals surface area contributed by atoms with Crippen molar-refractivity contribution in [1.29, 1.82) is 0 Å². The van der Waals surface area contributed by atoms with Crippen LogP contribution in [0.3, 0.4) is 0 Å². The van der Waals surface area contributed by atoms with Gasteiger partial charge >= 0.3 is 5.97 Å². The molecule has 1 atom stereocenters. The number of carbonyl (C=O) groups is 1. The number of rotatable bonds is 4. The van der Waals surface area contributed by atoms with Gasteiger partial charge < -0.3 is 9.47 Å². The summed E-state index contributed by atoms with van der Waals surface area (Å²) in [4.78, 5) is 11.6. The van der Waals surface area contributed by atoms with Crippen molar-refractivity contribution in [3.63, 3.8) is 0 Å². The molecule has 0 N–H and O–H groups in total. The van der Waals surface area contributed by atoms with E-state index in [4.69, 9.17) is 4.74 Å². The van der Waals surface area contributed by atoms with Crippen LogP contribution in [-0.4, -0.2) is 46.0 Å². The minimum Gasteiger partial charge on any atom is -0.497 e. The van der Waals surface area contributed by atoms with E-state index in [0.29, 0.717) is 18.7 Å². The molecule has 2 rings (SSSR count). The summed E-state index contributed by atoms with van der Waals surface area (Å²) in [5.41, 5.74) is 0. The highest BCUT2D eigenvalue weighted by Crippen LogP contribution is 2.26. The summed E-state index contributed by atoms with van der Waals surface area (Å²) >= 11 is 0. The molecule has 0 aromatic heterocycles. The topological polar surface area (TPSA) is 72.9 Å². The van der Waals surface area contributed by atoms with Crippen LogP contribution in [0.4, 0.5) is 0 Å². The zero-order valence-corrected chi connectivity index (χ0v) is 12.2. The molecule has 7 heteroatoms. The lowest BCUT2D eigenvalue weighted by molar-refractivity contribution is -0.144. The zero-order chi connectivity index (χ0) is 14.8. The number of hydrogen-bond acceptors (Lipinski definition) is 5. The van der Waals surface area contributed by atoms with Gasteiger partial charge in [0.25, 0.3) is 0 Å². The van der Waals surface area contributed by atoms with Gasteiger partial charge in [0.05, 0.1) is 25.0 Å². The summed E-state index contributed by atoms with van der Waals surface area (Å²) in [6.45, 7) is 0.495. The normalized spacial score (nSPS) is 19.8. The summed E-state index contributed by atoms with van der Waals surface area (Å²) in [5.74, 6) is -0.150. The van der Waals surface area contributed by atoms with Crippen molar-refractivity contribution in [3.8, 4) is 5.75 Å². The van der Waals surface area contributed by atoms with E-state index in [9.17, 15) is 13.2 Å². The summed E-state index contributed by atoms with van der Waals surface area (Å²) in [5, 5.41) is 0. The molecule has 1 aliphatic heterocycles. The van der Waals surface area contributed by atoms with Crippen LogP contribution < -0.4 is 4.74 Å². The van der Waals surface area contributed by atoms with E-state index in [1.807, 2.05) is 0 Å². The van der Waals surface area contributed by atoms with Crippen LogP contribution in [0.2, 0.25) is 0 Å². The average molecular weight is 299 g/mol. The van der Waals surface area contributed by atoms with Crippen molar-refractivity contribution in [2.45, 2.75) is 11.3 Å². The van der Waals surface area contributed by atoms with Crippen LogP contribution in [0.15, 0.2) is 29.2 Å². The Bertz CT molecular complexity index is 581. The number of esters is 1. The molecule has 1 saturated heterocycles. The molecule has 1 heterocycles. The Hall–Kier alpha value is -1.60. The van der Waals surface area contributed by atoms with Crippen LogP contribution in [0, 0.1) is 5.92 Å². The average Bonchev–Trinajstić information content (AvgIpc) is 2.97. The lowest BCUT2D eigenvalue weighted by atomic mass is 10.1. The molecular weight excluding hydrogens is 282 g/mol. The van der Waals surface area contributed by atoms with Gasteiger partial charge in [-0.05, 0) is 30.7 Å². The molecule has 20 heavy (non-hydrogen) atoms. The molecule has 0 amide bonds. The zero-order valence-electron chi connectivity index (χ0n) is 11.4. The SMILES string of the molecule is COC(=O)C1CCN(S(=O)(=O)c2ccc(OC)cc2)C1. The van der Waals surface area contributed by atoms with Crippen molar-refractivity contribution in [2.75, 3.05) is 27.3 Å². The first-order chi connectivity index (χ1) is 9.48. The Morgan fingerprint density at radius 1 is 1.25 bits per heavy atom. The van der Waals surface area contributed by atoms with Crippen LogP contribution in [0.5, 0.6) is 5.75 Å². The summed E-state index contributed by atoms with van der Waals surface area (Å²) < 4.78 is 35.8. The number of methoxy groups -OCH3 is 2.